The van der Waals surface area contributed by atoms with Crippen LogP contribution >= 0.6 is 0 Å². The lowest BCUT2D eigenvalue weighted by atomic mass is 9.90. The molecule has 3 unspecified atom stereocenters. The van der Waals surface area contributed by atoms with Crippen LogP contribution in [-0.2, 0) is 0 Å². The summed E-state index contributed by atoms with van der Waals surface area (Å²) in [7, 11) is 2.03. The SMILES string of the molecule is CN(CC(C(=N)N)c1ccccc1)C1CCCCC1O. The van der Waals surface area contributed by atoms with Crippen LogP contribution in [0.1, 0.15) is 37.2 Å². The number of aliphatic hydroxyl groups is 1. The van der Waals surface area contributed by atoms with E-state index in [2.05, 4.69) is 4.90 Å². The first-order valence-corrected chi connectivity index (χ1v) is 7.36. The number of rotatable bonds is 5. The molecule has 4 heteroatoms. The van der Waals surface area contributed by atoms with Crippen LogP contribution in [0.3, 0.4) is 0 Å². The molecule has 1 aliphatic rings. The Kier molecular flexibility index (Phi) is 5.15. The number of likely N-dealkylation sites (N-methyl/N-ethyl adjacent to an activating group) is 1. The summed E-state index contributed by atoms with van der Waals surface area (Å²) in [6.07, 6.45) is 3.93. The van der Waals surface area contributed by atoms with E-state index in [1.165, 1.54) is 6.42 Å². The molecule has 0 spiro atoms. The summed E-state index contributed by atoms with van der Waals surface area (Å²) < 4.78 is 0. The lowest BCUT2D eigenvalue weighted by Gasteiger charge is -2.37. The predicted molar refractivity (Wildman–Crippen MR) is 82.0 cm³/mol. The number of nitrogens with zero attached hydrogens (tertiary/aromatic N) is 1. The Morgan fingerprint density at radius 2 is 2.00 bits per heavy atom. The van der Waals surface area contributed by atoms with Crippen LogP contribution in [0.2, 0.25) is 0 Å². The van der Waals surface area contributed by atoms with Crippen molar-refractivity contribution >= 4 is 5.84 Å². The van der Waals surface area contributed by atoms with Crippen molar-refractivity contribution in [3.63, 3.8) is 0 Å². The van der Waals surface area contributed by atoms with Gasteiger partial charge in [0.25, 0.3) is 0 Å². The number of benzene rings is 1. The molecule has 0 saturated heterocycles. The third-order valence-electron chi connectivity index (χ3n) is 4.31. The summed E-state index contributed by atoms with van der Waals surface area (Å²) in [6.45, 7) is 0.682. The molecule has 0 radical (unpaired) electrons. The van der Waals surface area contributed by atoms with E-state index in [9.17, 15) is 5.11 Å². The molecule has 4 nitrogen and oxygen atoms in total. The molecule has 20 heavy (non-hydrogen) atoms. The number of hydrogen-bond donors (Lipinski definition) is 3. The second kappa shape index (κ2) is 6.86. The maximum atomic E-state index is 10.1. The number of nitrogens with two attached hydrogens (primary N) is 1. The maximum Gasteiger partial charge on any atom is 0.0995 e. The monoisotopic (exact) mass is 275 g/mol. The third-order valence-corrected chi connectivity index (χ3v) is 4.31. The first-order chi connectivity index (χ1) is 9.59. The van der Waals surface area contributed by atoms with Crippen molar-refractivity contribution in [1.82, 2.24) is 4.90 Å². The van der Waals surface area contributed by atoms with Gasteiger partial charge in [-0.3, -0.25) is 10.3 Å². The molecule has 1 aromatic rings. The summed E-state index contributed by atoms with van der Waals surface area (Å²) in [6, 6.07) is 10.1. The van der Waals surface area contributed by atoms with Gasteiger partial charge in [-0.05, 0) is 25.5 Å². The molecule has 3 atom stereocenters. The molecule has 1 fully saturated rings. The Labute approximate surface area is 121 Å². The van der Waals surface area contributed by atoms with Crippen molar-refractivity contribution in [1.29, 1.82) is 5.41 Å². The number of amidine groups is 1. The summed E-state index contributed by atoms with van der Waals surface area (Å²) in [5.41, 5.74) is 6.84. The molecule has 110 valence electrons. The number of aliphatic hydroxyl groups excluding tert-OH is 1. The largest absolute Gasteiger partial charge is 0.391 e. The standard InChI is InChI=1S/C16H25N3O/c1-19(14-9-5-6-10-15(14)20)11-13(16(17)18)12-7-3-2-4-8-12/h2-4,7-8,13-15,20H,5-6,9-11H2,1H3,(H3,17,18). The average Bonchev–Trinajstić information content (AvgIpc) is 2.45. The van der Waals surface area contributed by atoms with Gasteiger partial charge in [-0.1, -0.05) is 43.2 Å². The molecule has 4 N–H and O–H groups in total. The van der Waals surface area contributed by atoms with Crippen molar-refractivity contribution in [3.05, 3.63) is 35.9 Å². The summed E-state index contributed by atoms with van der Waals surface area (Å²) in [5, 5.41) is 18.0. The van der Waals surface area contributed by atoms with E-state index in [1.54, 1.807) is 0 Å². The van der Waals surface area contributed by atoms with Gasteiger partial charge in [0.15, 0.2) is 0 Å². The van der Waals surface area contributed by atoms with Crippen LogP contribution in [0.5, 0.6) is 0 Å². The third kappa shape index (κ3) is 3.58. The minimum Gasteiger partial charge on any atom is -0.391 e. The zero-order chi connectivity index (χ0) is 14.5. The molecule has 1 aliphatic carbocycles. The Morgan fingerprint density at radius 3 is 2.60 bits per heavy atom. The van der Waals surface area contributed by atoms with Gasteiger partial charge in [0.05, 0.1) is 17.9 Å². The fourth-order valence-electron chi connectivity index (χ4n) is 3.10. The maximum absolute atomic E-state index is 10.1. The lowest BCUT2D eigenvalue weighted by Crippen LogP contribution is -2.46. The van der Waals surface area contributed by atoms with Crippen LogP contribution in [-0.4, -0.2) is 41.6 Å². The summed E-state index contributed by atoms with van der Waals surface area (Å²) in [5.74, 6) is 0.0867. The van der Waals surface area contributed by atoms with Gasteiger partial charge in [-0.2, -0.15) is 0 Å². The van der Waals surface area contributed by atoms with Gasteiger partial charge in [0.1, 0.15) is 0 Å². The molecular formula is C16H25N3O. The summed E-state index contributed by atoms with van der Waals surface area (Å²) in [4.78, 5) is 2.17. The average molecular weight is 275 g/mol. The molecule has 0 aliphatic heterocycles. The van der Waals surface area contributed by atoms with E-state index in [-0.39, 0.29) is 23.9 Å². The molecular weight excluding hydrogens is 250 g/mol. The molecule has 0 heterocycles. The first kappa shape index (κ1) is 15.0. The van der Waals surface area contributed by atoms with Gasteiger partial charge in [-0.25, -0.2) is 0 Å². The van der Waals surface area contributed by atoms with Crippen molar-refractivity contribution in [2.45, 2.75) is 43.7 Å². The second-order valence-electron chi connectivity index (χ2n) is 5.78. The van der Waals surface area contributed by atoms with Crippen molar-refractivity contribution in [3.8, 4) is 0 Å². The van der Waals surface area contributed by atoms with Crippen molar-refractivity contribution in [2.75, 3.05) is 13.6 Å². The van der Waals surface area contributed by atoms with Crippen molar-refractivity contribution < 1.29 is 5.11 Å². The van der Waals surface area contributed by atoms with Crippen LogP contribution in [0.15, 0.2) is 30.3 Å². The van der Waals surface area contributed by atoms with Gasteiger partial charge in [0.2, 0.25) is 0 Å². The minimum absolute atomic E-state index is 0.102. The molecule has 0 bridgehead atoms. The van der Waals surface area contributed by atoms with Crippen LogP contribution in [0.25, 0.3) is 0 Å². The Hall–Kier alpha value is -1.39. The van der Waals surface area contributed by atoms with Gasteiger partial charge in [-0.15, -0.1) is 0 Å². The lowest BCUT2D eigenvalue weighted by molar-refractivity contribution is 0.0317. The molecule has 2 rings (SSSR count). The molecule has 1 saturated carbocycles. The first-order valence-electron chi connectivity index (χ1n) is 7.36. The predicted octanol–water partition coefficient (Wildman–Crippen LogP) is 1.94. The minimum atomic E-state index is -0.253. The fourth-order valence-corrected chi connectivity index (χ4v) is 3.10. The fraction of sp³-hybridized carbons (Fsp3) is 0.562. The highest BCUT2D eigenvalue weighted by molar-refractivity contribution is 5.84. The Bertz CT molecular complexity index is 435. The molecule has 0 aromatic heterocycles. The van der Waals surface area contributed by atoms with E-state index in [0.29, 0.717) is 6.54 Å². The van der Waals surface area contributed by atoms with E-state index < -0.39 is 0 Å². The summed E-state index contributed by atoms with van der Waals surface area (Å²) >= 11 is 0. The zero-order valence-electron chi connectivity index (χ0n) is 12.1. The smallest absolute Gasteiger partial charge is 0.0995 e. The normalized spacial score (nSPS) is 24.6. The molecule has 1 aromatic carbocycles. The quantitative estimate of drug-likeness (QED) is 0.568. The highest BCUT2D eigenvalue weighted by atomic mass is 16.3. The second-order valence-corrected chi connectivity index (χ2v) is 5.78. The van der Waals surface area contributed by atoms with E-state index in [0.717, 1.165) is 24.8 Å². The Morgan fingerprint density at radius 1 is 1.35 bits per heavy atom. The van der Waals surface area contributed by atoms with E-state index in [4.69, 9.17) is 11.1 Å². The van der Waals surface area contributed by atoms with E-state index in [1.807, 2.05) is 37.4 Å². The van der Waals surface area contributed by atoms with Crippen LogP contribution < -0.4 is 5.73 Å². The number of nitrogens with one attached hydrogen (secondary N) is 1. The van der Waals surface area contributed by atoms with Gasteiger partial charge >= 0.3 is 0 Å². The Balaban J connectivity index is 2.06. The molecule has 0 amide bonds. The number of hydrogen-bond acceptors (Lipinski definition) is 3. The highest BCUT2D eigenvalue weighted by Gasteiger charge is 2.28. The van der Waals surface area contributed by atoms with Crippen LogP contribution in [0, 0.1) is 5.41 Å². The van der Waals surface area contributed by atoms with Crippen LogP contribution in [0.4, 0.5) is 0 Å². The van der Waals surface area contributed by atoms with Gasteiger partial charge in [0, 0.05) is 12.6 Å². The van der Waals surface area contributed by atoms with Gasteiger partial charge < -0.3 is 10.8 Å². The van der Waals surface area contributed by atoms with E-state index >= 15 is 0 Å². The van der Waals surface area contributed by atoms with Crippen molar-refractivity contribution in [2.24, 2.45) is 5.73 Å². The zero-order valence-corrected chi connectivity index (χ0v) is 12.1. The highest BCUT2D eigenvalue weighted by Crippen LogP contribution is 2.25. The topological polar surface area (TPSA) is 73.3 Å².